The van der Waals surface area contributed by atoms with Crippen LogP contribution in [0.25, 0.3) is 11.2 Å². The Bertz CT molecular complexity index is 481. The van der Waals surface area contributed by atoms with Crippen LogP contribution in [0.4, 0.5) is 0 Å². The van der Waals surface area contributed by atoms with E-state index in [0.29, 0.717) is 11.2 Å². The second kappa shape index (κ2) is 2.20. The maximum atomic E-state index is 11.0. The molecule has 0 saturated heterocycles. The topological polar surface area (TPSA) is 48.0 Å². The summed E-state index contributed by atoms with van der Waals surface area (Å²) in [6.45, 7) is 1.90. The molecule has 0 spiro atoms. The average Bonchev–Trinajstić information content (AvgIpc) is 2.28. The van der Waals surface area contributed by atoms with Crippen molar-refractivity contribution >= 4 is 11.2 Å². The van der Waals surface area contributed by atoms with Crippen molar-refractivity contribution in [2.75, 3.05) is 0 Å². The molecule has 0 amide bonds. The fourth-order valence-electron chi connectivity index (χ4n) is 1.11. The van der Waals surface area contributed by atoms with Crippen LogP contribution in [-0.2, 0) is 7.05 Å². The van der Waals surface area contributed by atoms with Crippen molar-refractivity contribution in [3.8, 4) is 0 Å². The van der Waals surface area contributed by atoms with E-state index in [-0.39, 0.29) is 5.76 Å². The van der Waals surface area contributed by atoms with Gasteiger partial charge >= 0.3 is 5.76 Å². The monoisotopic (exact) mass is 164 g/mol. The van der Waals surface area contributed by atoms with Gasteiger partial charge in [-0.05, 0) is 18.6 Å². The summed E-state index contributed by atoms with van der Waals surface area (Å²) in [4.78, 5) is 15.1. The summed E-state index contributed by atoms with van der Waals surface area (Å²) in [7, 11) is 1.64. The quantitative estimate of drug-likeness (QED) is 0.579. The van der Waals surface area contributed by atoms with Gasteiger partial charge in [0.15, 0.2) is 11.2 Å². The van der Waals surface area contributed by atoms with Gasteiger partial charge in [-0.2, -0.15) is 0 Å². The highest BCUT2D eigenvalue weighted by Gasteiger charge is 2.05. The molecule has 4 heteroatoms. The SMILES string of the molecule is Cc1cnc2c(c1)oc(=O)n2C. The molecule has 4 nitrogen and oxygen atoms in total. The zero-order valence-corrected chi connectivity index (χ0v) is 6.87. The average molecular weight is 164 g/mol. The van der Waals surface area contributed by atoms with E-state index in [1.807, 2.05) is 6.92 Å². The van der Waals surface area contributed by atoms with Crippen molar-refractivity contribution in [3.05, 3.63) is 28.4 Å². The minimum Gasteiger partial charge on any atom is -0.406 e. The van der Waals surface area contributed by atoms with Crippen LogP contribution >= 0.6 is 0 Å². The zero-order chi connectivity index (χ0) is 8.72. The Morgan fingerprint density at radius 1 is 1.58 bits per heavy atom. The first-order valence-corrected chi connectivity index (χ1v) is 3.60. The number of nitrogens with zero attached hydrogens (tertiary/aromatic N) is 2. The van der Waals surface area contributed by atoms with E-state index in [9.17, 15) is 4.79 Å². The molecule has 62 valence electrons. The Kier molecular flexibility index (Phi) is 1.30. The van der Waals surface area contributed by atoms with Gasteiger partial charge in [0, 0.05) is 13.2 Å². The van der Waals surface area contributed by atoms with E-state index in [1.54, 1.807) is 19.3 Å². The molecule has 2 aromatic heterocycles. The second-order valence-electron chi connectivity index (χ2n) is 2.76. The fraction of sp³-hybridized carbons (Fsp3) is 0.250. The molecule has 2 aromatic rings. The summed E-state index contributed by atoms with van der Waals surface area (Å²) in [6.07, 6.45) is 1.71. The lowest BCUT2D eigenvalue weighted by Crippen LogP contribution is -2.08. The number of hydrogen-bond donors (Lipinski definition) is 0. The van der Waals surface area contributed by atoms with Crippen LogP contribution in [0.15, 0.2) is 21.5 Å². The van der Waals surface area contributed by atoms with Crippen molar-refractivity contribution < 1.29 is 4.42 Å². The number of pyridine rings is 1. The lowest BCUT2D eigenvalue weighted by molar-refractivity contribution is 0.528. The van der Waals surface area contributed by atoms with Gasteiger partial charge < -0.3 is 4.42 Å². The van der Waals surface area contributed by atoms with E-state index >= 15 is 0 Å². The molecule has 2 rings (SSSR count). The second-order valence-corrected chi connectivity index (χ2v) is 2.76. The molecule has 0 radical (unpaired) electrons. The third kappa shape index (κ3) is 0.845. The van der Waals surface area contributed by atoms with Gasteiger partial charge in [-0.25, -0.2) is 9.78 Å². The molecule has 2 heterocycles. The molecule has 0 aliphatic rings. The number of rotatable bonds is 0. The smallest absolute Gasteiger partial charge is 0.406 e. The van der Waals surface area contributed by atoms with Gasteiger partial charge in [0.05, 0.1) is 0 Å². The first-order chi connectivity index (χ1) is 5.68. The summed E-state index contributed by atoms with van der Waals surface area (Å²) >= 11 is 0. The van der Waals surface area contributed by atoms with Crippen LogP contribution in [0.5, 0.6) is 0 Å². The van der Waals surface area contributed by atoms with Crippen molar-refractivity contribution in [2.24, 2.45) is 7.05 Å². The molecule has 0 bridgehead atoms. The van der Waals surface area contributed by atoms with Crippen molar-refractivity contribution in [3.63, 3.8) is 0 Å². The van der Waals surface area contributed by atoms with E-state index in [2.05, 4.69) is 4.98 Å². The minimum absolute atomic E-state index is 0.372. The van der Waals surface area contributed by atoms with Crippen LogP contribution in [0.3, 0.4) is 0 Å². The standard InChI is InChI=1S/C8H8N2O2/c1-5-3-6-7(9-4-5)10(2)8(11)12-6/h3-4H,1-2H3. The Morgan fingerprint density at radius 3 is 3.08 bits per heavy atom. The predicted molar refractivity (Wildman–Crippen MR) is 44.0 cm³/mol. The van der Waals surface area contributed by atoms with Crippen LogP contribution in [0.2, 0.25) is 0 Å². The molecule has 0 saturated carbocycles. The largest absolute Gasteiger partial charge is 0.420 e. The number of fused-ring (bicyclic) bond motifs is 1. The van der Waals surface area contributed by atoms with E-state index in [0.717, 1.165) is 5.56 Å². The van der Waals surface area contributed by atoms with Gasteiger partial charge in [-0.1, -0.05) is 0 Å². The van der Waals surface area contributed by atoms with Gasteiger partial charge in [-0.3, -0.25) is 4.57 Å². The predicted octanol–water partition coefficient (Wildman–Crippen LogP) is 0.835. The third-order valence-electron chi connectivity index (χ3n) is 1.76. The highest BCUT2D eigenvalue weighted by Crippen LogP contribution is 2.09. The third-order valence-corrected chi connectivity index (χ3v) is 1.76. The molecule has 0 aliphatic heterocycles. The molecule has 0 aromatic carbocycles. The first-order valence-electron chi connectivity index (χ1n) is 3.60. The zero-order valence-electron chi connectivity index (χ0n) is 6.87. The summed E-state index contributed by atoms with van der Waals surface area (Å²) in [5.74, 6) is -0.372. The number of hydrogen-bond acceptors (Lipinski definition) is 3. The summed E-state index contributed by atoms with van der Waals surface area (Å²) in [5.41, 5.74) is 2.12. The lowest BCUT2D eigenvalue weighted by Gasteiger charge is -1.90. The van der Waals surface area contributed by atoms with Crippen LogP contribution in [0, 0.1) is 6.92 Å². The normalized spacial score (nSPS) is 10.8. The van der Waals surface area contributed by atoms with Crippen molar-refractivity contribution in [1.29, 1.82) is 0 Å². The van der Waals surface area contributed by atoms with Crippen LogP contribution < -0.4 is 5.76 Å². The molecule has 0 atom stereocenters. The van der Waals surface area contributed by atoms with Gasteiger partial charge in [0.1, 0.15) is 0 Å². The number of oxazole rings is 1. The van der Waals surface area contributed by atoms with Crippen LogP contribution in [-0.4, -0.2) is 9.55 Å². The Balaban J connectivity index is 2.96. The molecular formula is C8H8N2O2. The van der Waals surface area contributed by atoms with Gasteiger partial charge in [0.25, 0.3) is 0 Å². The van der Waals surface area contributed by atoms with E-state index < -0.39 is 0 Å². The lowest BCUT2D eigenvalue weighted by atomic mass is 10.3. The Hall–Kier alpha value is -1.58. The molecule has 12 heavy (non-hydrogen) atoms. The highest BCUT2D eigenvalue weighted by molar-refractivity contribution is 5.68. The summed E-state index contributed by atoms with van der Waals surface area (Å²) < 4.78 is 6.31. The maximum absolute atomic E-state index is 11.0. The molecule has 0 aliphatic carbocycles. The van der Waals surface area contributed by atoms with Crippen molar-refractivity contribution in [1.82, 2.24) is 9.55 Å². The minimum atomic E-state index is -0.372. The Labute approximate surface area is 68.4 Å². The first kappa shape index (κ1) is 7.09. The molecule has 0 fully saturated rings. The summed E-state index contributed by atoms with van der Waals surface area (Å²) in [5, 5.41) is 0. The van der Waals surface area contributed by atoms with E-state index in [4.69, 9.17) is 4.42 Å². The maximum Gasteiger partial charge on any atom is 0.420 e. The van der Waals surface area contributed by atoms with E-state index in [1.165, 1.54) is 4.57 Å². The number of aromatic nitrogens is 2. The van der Waals surface area contributed by atoms with Gasteiger partial charge in [0.2, 0.25) is 0 Å². The van der Waals surface area contributed by atoms with Crippen LogP contribution in [0.1, 0.15) is 5.56 Å². The van der Waals surface area contributed by atoms with Crippen molar-refractivity contribution in [2.45, 2.75) is 6.92 Å². The molecule has 0 N–H and O–H groups in total. The summed E-state index contributed by atoms with van der Waals surface area (Å²) in [6, 6.07) is 1.80. The fourth-order valence-corrected chi connectivity index (χ4v) is 1.11. The van der Waals surface area contributed by atoms with Gasteiger partial charge in [-0.15, -0.1) is 0 Å². The Morgan fingerprint density at radius 2 is 2.33 bits per heavy atom. The molecular weight excluding hydrogens is 156 g/mol. The number of aryl methyl sites for hydroxylation is 2. The highest BCUT2D eigenvalue weighted by atomic mass is 16.4. The molecule has 0 unspecified atom stereocenters.